The molecule has 0 aromatic carbocycles. The van der Waals surface area contributed by atoms with Crippen molar-refractivity contribution in [3.8, 4) is 0 Å². The minimum atomic E-state index is 0.429. The molecule has 1 aromatic rings. The third kappa shape index (κ3) is 2.33. The molecule has 0 spiro atoms. The van der Waals surface area contributed by atoms with Crippen molar-refractivity contribution in [3.63, 3.8) is 0 Å². The van der Waals surface area contributed by atoms with Crippen LogP contribution in [-0.2, 0) is 0 Å². The van der Waals surface area contributed by atoms with Crippen LogP contribution < -0.4 is 0 Å². The quantitative estimate of drug-likeness (QED) is 0.593. The lowest BCUT2D eigenvalue weighted by atomic mass is 10.2. The maximum absolute atomic E-state index is 8.09. The SMILES string of the molecule is CN1CCN(C(=N)c2ncccc2Cl)CC1. The second kappa shape index (κ2) is 4.80. The van der Waals surface area contributed by atoms with Gasteiger partial charge in [-0.1, -0.05) is 11.6 Å². The molecule has 1 aliphatic heterocycles. The first-order valence-electron chi connectivity index (χ1n) is 5.31. The summed E-state index contributed by atoms with van der Waals surface area (Å²) >= 11 is 6.03. The molecule has 16 heavy (non-hydrogen) atoms. The molecule has 0 saturated carbocycles. The van der Waals surface area contributed by atoms with Gasteiger partial charge in [0.2, 0.25) is 0 Å². The number of likely N-dealkylation sites (N-methyl/N-ethyl adjacent to an activating group) is 1. The third-order valence-corrected chi connectivity index (χ3v) is 3.11. The second-order valence-corrected chi connectivity index (χ2v) is 4.38. The summed E-state index contributed by atoms with van der Waals surface area (Å²) in [6.07, 6.45) is 1.67. The predicted molar refractivity (Wildman–Crippen MR) is 65.1 cm³/mol. The van der Waals surface area contributed by atoms with Crippen LogP contribution in [0.3, 0.4) is 0 Å². The molecule has 0 radical (unpaired) electrons. The fraction of sp³-hybridized carbons (Fsp3) is 0.455. The summed E-state index contributed by atoms with van der Waals surface area (Å²) < 4.78 is 0. The van der Waals surface area contributed by atoms with Gasteiger partial charge in [-0.05, 0) is 19.2 Å². The van der Waals surface area contributed by atoms with E-state index < -0.39 is 0 Å². The molecule has 4 nitrogen and oxygen atoms in total. The fourth-order valence-corrected chi connectivity index (χ4v) is 1.95. The van der Waals surface area contributed by atoms with Gasteiger partial charge < -0.3 is 9.80 Å². The van der Waals surface area contributed by atoms with Crippen molar-refractivity contribution in [1.82, 2.24) is 14.8 Å². The van der Waals surface area contributed by atoms with Crippen molar-refractivity contribution >= 4 is 17.4 Å². The molecule has 1 aliphatic rings. The van der Waals surface area contributed by atoms with Crippen molar-refractivity contribution in [2.75, 3.05) is 33.2 Å². The van der Waals surface area contributed by atoms with E-state index in [1.807, 2.05) is 4.90 Å². The highest BCUT2D eigenvalue weighted by atomic mass is 35.5. The number of hydrogen-bond donors (Lipinski definition) is 1. The number of nitrogens with one attached hydrogen (secondary N) is 1. The highest BCUT2D eigenvalue weighted by Gasteiger charge is 2.19. The van der Waals surface area contributed by atoms with E-state index in [2.05, 4.69) is 16.9 Å². The molecule has 0 unspecified atom stereocenters. The van der Waals surface area contributed by atoms with E-state index >= 15 is 0 Å². The number of piperazine rings is 1. The predicted octanol–water partition coefficient (Wildman–Crippen LogP) is 1.31. The Bertz CT molecular complexity index is 385. The number of pyridine rings is 1. The van der Waals surface area contributed by atoms with E-state index in [1.165, 1.54) is 0 Å². The highest BCUT2D eigenvalue weighted by molar-refractivity contribution is 6.33. The number of aromatic nitrogens is 1. The Kier molecular flexibility index (Phi) is 3.41. The van der Waals surface area contributed by atoms with Crippen molar-refractivity contribution in [2.45, 2.75) is 0 Å². The zero-order valence-corrected chi connectivity index (χ0v) is 10.0. The topological polar surface area (TPSA) is 43.2 Å². The van der Waals surface area contributed by atoms with Crippen LogP contribution in [0.1, 0.15) is 5.69 Å². The first-order valence-corrected chi connectivity index (χ1v) is 5.69. The van der Waals surface area contributed by atoms with Crippen molar-refractivity contribution < 1.29 is 0 Å². The molecule has 0 bridgehead atoms. The van der Waals surface area contributed by atoms with Crippen LogP contribution in [0.2, 0.25) is 5.02 Å². The van der Waals surface area contributed by atoms with Crippen LogP contribution in [0.4, 0.5) is 0 Å². The van der Waals surface area contributed by atoms with Gasteiger partial charge in [-0.2, -0.15) is 0 Å². The minimum absolute atomic E-state index is 0.429. The lowest BCUT2D eigenvalue weighted by Gasteiger charge is -2.33. The second-order valence-electron chi connectivity index (χ2n) is 3.97. The largest absolute Gasteiger partial charge is 0.353 e. The molecule has 2 heterocycles. The van der Waals surface area contributed by atoms with Crippen LogP contribution in [0.5, 0.6) is 0 Å². The molecule has 0 amide bonds. The minimum Gasteiger partial charge on any atom is -0.353 e. The number of hydrogen-bond acceptors (Lipinski definition) is 3. The van der Waals surface area contributed by atoms with Crippen LogP contribution in [0, 0.1) is 5.41 Å². The summed E-state index contributed by atoms with van der Waals surface area (Å²) in [5.41, 5.74) is 0.578. The normalized spacial score (nSPS) is 17.5. The van der Waals surface area contributed by atoms with Crippen LogP contribution in [0.25, 0.3) is 0 Å². The van der Waals surface area contributed by atoms with Gasteiger partial charge in [0.05, 0.1) is 5.02 Å². The molecule has 1 fully saturated rings. The summed E-state index contributed by atoms with van der Waals surface area (Å²) in [4.78, 5) is 8.44. The van der Waals surface area contributed by atoms with E-state index in [9.17, 15) is 0 Å². The maximum Gasteiger partial charge on any atom is 0.148 e. The molecular formula is C11H15ClN4. The van der Waals surface area contributed by atoms with Gasteiger partial charge in [0, 0.05) is 32.4 Å². The lowest BCUT2D eigenvalue weighted by molar-refractivity contribution is 0.215. The van der Waals surface area contributed by atoms with E-state index in [0.717, 1.165) is 26.2 Å². The van der Waals surface area contributed by atoms with Crippen LogP contribution in [0.15, 0.2) is 18.3 Å². The molecule has 1 aromatic heterocycles. The van der Waals surface area contributed by atoms with Crippen molar-refractivity contribution in [1.29, 1.82) is 5.41 Å². The van der Waals surface area contributed by atoms with E-state index in [4.69, 9.17) is 17.0 Å². The number of amidine groups is 1. The van der Waals surface area contributed by atoms with E-state index in [1.54, 1.807) is 18.3 Å². The summed E-state index contributed by atoms with van der Waals surface area (Å²) in [6.45, 7) is 3.68. The molecule has 86 valence electrons. The third-order valence-electron chi connectivity index (χ3n) is 2.80. The van der Waals surface area contributed by atoms with E-state index in [0.29, 0.717) is 16.6 Å². The fourth-order valence-electron chi connectivity index (χ4n) is 1.74. The Labute approximate surface area is 100 Å². The van der Waals surface area contributed by atoms with Gasteiger partial charge >= 0.3 is 0 Å². The van der Waals surface area contributed by atoms with Gasteiger partial charge in [-0.15, -0.1) is 0 Å². The van der Waals surface area contributed by atoms with Crippen molar-refractivity contribution in [3.05, 3.63) is 29.0 Å². The molecule has 1 saturated heterocycles. The summed E-state index contributed by atoms with van der Waals surface area (Å²) in [7, 11) is 2.09. The number of nitrogens with zero attached hydrogens (tertiary/aromatic N) is 3. The summed E-state index contributed by atoms with van der Waals surface area (Å²) in [5, 5.41) is 8.64. The Balaban J connectivity index is 2.11. The average Bonchev–Trinajstić information content (AvgIpc) is 2.30. The summed E-state index contributed by atoms with van der Waals surface area (Å²) in [5.74, 6) is 0.429. The Morgan fingerprint density at radius 3 is 2.69 bits per heavy atom. The van der Waals surface area contributed by atoms with Crippen LogP contribution >= 0.6 is 11.6 Å². The molecule has 5 heteroatoms. The summed E-state index contributed by atoms with van der Waals surface area (Å²) in [6, 6.07) is 3.55. The maximum atomic E-state index is 8.09. The molecule has 2 rings (SSSR count). The number of rotatable bonds is 1. The molecular weight excluding hydrogens is 224 g/mol. The molecule has 1 N–H and O–H groups in total. The lowest BCUT2D eigenvalue weighted by Crippen LogP contribution is -2.47. The zero-order valence-electron chi connectivity index (χ0n) is 9.28. The van der Waals surface area contributed by atoms with Crippen molar-refractivity contribution in [2.24, 2.45) is 0 Å². The first kappa shape index (κ1) is 11.4. The van der Waals surface area contributed by atoms with Crippen LogP contribution in [-0.4, -0.2) is 53.8 Å². The first-order chi connectivity index (χ1) is 7.68. The van der Waals surface area contributed by atoms with Gasteiger partial charge in [0.1, 0.15) is 11.5 Å². The Morgan fingerprint density at radius 2 is 2.06 bits per heavy atom. The highest BCUT2D eigenvalue weighted by Crippen LogP contribution is 2.15. The Morgan fingerprint density at radius 1 is 1.38 bits per heavy atom. The van der Waals surface area contributed by atoms with Gasteiger partial charge in [0.25, 0.3) is 0 Å². The average molecular weight is 239 g/mol. The van der Waals surface area contributed by atoms with E-state index in [-0.39, 0.29) is 0 Å². The standard InChI is InChI=1S/C11H15ClN4/c1-15-5-7-16(8-6-15)11(13)10-9(12)3-2-4-14-10/h2-4,13H,5-8H2,1H3. The van der Waals surface area contributed by atoms with Gasteiger partial charge in [-0.25, -0.2) is 0 Å². The molecule has 0 atom stereocenters. The molecule has 0 aliphatic carbocycles. The Hall–Kier alpha value is -1.13. The zero-order chi connectivity index (χ0) is 11.5. The monoisotopic (exact) mass is 238 g/mol. The van der Waals surface area contributed by atoms with Gasteiger partial charge in [0.15, 0.2) is 0 Å². The van der Waals surface area contributed by atoms with Gasteiger partial charge in [-0.3, -0.25) is 10.4 Å². The smallest absolute Gasteiger partial charge is 0.148 e. The number of halogens is 1.